The van der Waals surface area contributed by atoms with Crippen molar-refractivity contribution >= 4 is 46.6 Å². The topological polar surface area (TPSA) is 98.3 Å². The average molecular weight is 386 g/mol. The van der Waals surface area contributed by atoms with E-state index in [0.717, 1.165) is 0 Å². The van der Waals surface area contributed by atoms with Gasteiger partial charge in [0.15, 0.2) is 0 Å². The molecule has 0 bridgehead atoms. The van der Waals surface area contributed by atoms with Crippen LogP contribution >= 0.6 is 35.0 Å². The van der Waals surface area contributed by atoms with E-state index < -0.39 is 4.92 Å². The van der Waals surface area contributed by atoms with Crippen molar-refractivity contribution in [1.82, 2.24) is 5.32 Å². The molecule has 3 N–H and O–H groups in total. The van der Waals surface area contributed by atoms with Crippen molar-refractivity contribution < 1.29 is 9.72 Å². The van der Waals surface area contributed by atoms with Crippen molar-refractivity contribution in [2.45, 2.75) is 6.42 Å². The van der Waals surface area contributed by atoms with E-state index in [1.807, 2.05) is 22.6 Å². The molecule has 0 heterocycles. The summed E-state index contributed by atoms with van der Waals surface area (Å²) in [5.74, 6) is -0.238. The maximum Gasteiger partial charge on any atom is 0.270 e. The number of nitrogens with zero attached hydrogens (tertiary/aromatic N) is 1. The van der Waals surface area contributed by atoms with E-state index in [1.54, 1.807) is 0 Å². The predicted molar refractivity (Wildman–Crippen MR) is 79.1 cm³/mol. The molecule has 1 rings (SSSR count). The van der Waals surface area contributed by atoms with Crippen molar-refractivity contribution in [2.24, 2.45) is 5.73 Å². The molecular weight excluding hydrogens is 372 g/mol. The minimum Gasteiger partial charge on any atom is -0.352 e. The number of carbonyl (C=O) groups is 1. The Kier molecular flexibility index (Phi) is 7.80. The third kappa shape index (κ3) is 4.75. The van der Waals surface area contributed by atoms with Crippen LogP contribution in [0, 0.1) is 13.7 Å². The van der Waals surface area contributed by atoms with E-state index in [2.05, 4.69) is 5.32 Å². The highest BCUT2D eigenvalue weighted by atomic mass is 127. The normalized spacial score (nSPS) is 9.44. The number of rotatable bonds is 5. The van der Waals surface area contributed by atoms with Crippen LogP contribution in [0.25, 0.3) is 0 Å². The lowest BCUT2D eigenvalue weighted by atomic mass is 10.2. The van der Waals surface area contributed by atoms with Crippen molar-refractivity contribution in [1.29, 1.82) is 0 Å². The molecule has 0 spiro atoms. The van der Waals surface area contributed by atoms with Gasteiger partial charge >= 0.3 is 0 Å². The third-order valence-electron chi connectivity index (χ3n) is 2.07. The Labute approximate surface area is 124 Å². The second-order valence-electron chi connectivity index (χ2n) is 3.32. The van der Waals surface area contributed by atoms with Crippen molar-refractivity contribution in [3.63, 3.8) is 0 Å². The molecule has 1 aromatic carbocycles. The number of non-ortho nitro benzene ring substituents is 1. The summed E-state index contributed by atoms with van der Waals surface area (Å²) in [7, 11) is 0. The summed E-state index contributed by atoms with van der Waals surface area (Å²) in [6.07, 6.45) is 0.704. The molecule has 18 heavy (non-hydrogen) atoms. The van der Waals surface area contributed by atoms with Crippen molar-refractivity contribution in [3.8, 4) is 0 Å². The Morgan fingerprint density at radius 3 is 2.67 bits per heavy atom. The van der Waals surface area contributed by atoms with Gasteiger partial charge in [0.2, 0.25) is 0 Å². The molecule has 0 saturated heterocycles. The van der Waals surface area contributed by atoms with E-state index in [0.29, 0.717) is 28.6 Å². The first-order valence-electron chi connectivity index (χ1n) is 4.98. The fourth-order valence-corrected chi connectivity index (χ4v) is 1.94. The molecule has 0 aliphatic heterocycles. The van der Waals surface area contributed by atoms with E-state index in [4.69, 9.17) is 5.73 Å². The minimum atomic E-state index is -0.488. The largest absolute Gasteiger partial charge is 0.352 e. The number of hydrogen-bond donors (Lipinski definition) is 2. The van der Waals surface area contributed by atoms with Crippen LogP contribution < -0.4 is 11.1 Å². The fourth-order valence-electron chi connectivity index (χ4n) is 1.20. The van der Waals surface area contributed by atoms with Gasteiger partial charge in [-0.2, -0.15) is 0 Å². The minimum absolute atomic E-state index is 0. The summed E-state index contributed by atoms with van der Waals surface area (Å²) in [5, 5.41) is 13.2. The Balaban J connectivity index is 0.00000289. The number of hydrogen-bond acceptors (Lipinski definition) is 4. The quantitative estimate of drug-likeness (QED) is 0.349. The maximum atomic E-state index is 11.7. The maximum absolute atomic E-state index is 11.7. The smallest absolute Gasteiger partial charge is 0.270 e. The summed E-state index contributed by atoms with van der Waals surface area (Å²) in [4.78, 5) is 21.7. The standard InChI is InChI=1S/C10H12IN3O3.ClH/c11-9-6-7(14(16)17)2-3-8(9)10(15)13-5-1-4-12;/h2-3,6H,1,4-5,12H2,(H,13,15);1H. The molecule has 1 amide bonds. The van der Waals surface area contributed by atoms with Crippen LogP contribution in [0.4, 0.5) is 5.69 Å². The number of nitro benzene ring substituents is 1. The highest BCUT2D eigenvalue weighted by Gasteiger charge is 2.13. The molecule has 0 radical (unpaired) electrons. The van der Waals surface area contributed by atoms with Gasteiger partial charge in [-0.05, 0) is 41.6 Å². The summed E-state index contributed by atoms with van der Waals surface area (Å²) in [6.45, 7) is 1.01. The van der Waals surface area contributed by atoms with Crippen LogP contribution in [0.1, 0.15) is 16.8 Å². The van der Waals surface area contributed by atoms with E-state index in [1.165, 1.54) is 18.2 Å². The van der Waals surface area contributed by atoms with Crippen LogP contribution in [0.3, 0.4) is 0 Å². The zero-order valence-corrected chi connectivity index (χ0v) is 12.4. The first kappa shape index (κ1) is 17.1. The Morgan fingerprint density at radius 2 is 2.17 bits per heavy atom. The van der Waals surface area contributed by atoms with Gasteiger partial charge < -0.3 is 11.1 Å². The second-order valence-corrected chi connectivity index (χ2v) is 4.48. The lowest BCUT2D eigenvalue weighted by Gasteiger charge is -2.05. The van der Waals surface area contributed by atoms with Crippen molar-refractivity contribution in [2.75, 3.05) is 13.1 Å². The van der Waals surface area contributed by atoms with Gasteiger partial charge in [0.25, 0.3) is 11.6 Å². The summed E-state index contributed by atoms with van der Waals surface area (Å²) in [5.41, 5.74) is 5.73. The highest BCUT2D eigenvalue weighted by Crippen LogP contribution is 2.19. The van der Waals surface area contributed by atoms with Gasteiger partial charge in [-0.1, -0.05) is 0 Å². The summed E-state index contributed by atoms with van der Waals surface area (Å²) >= 11 is 1.91. The molecule has 8 heteroatoms. The summed E-state index contributed by atoms with van der Waals surface area (Å²) < 4.78 is 0.557. The molecule has 0 fully saturated rings. The SMILES string of the molecule is Cl.NCCCNC(=O)c1ccc([N+](=O)[O-])cc1I. The number of nitrogens with two attached hydrogens (primary N) is 1. The van der Waals surface area contributed by atoms with Crippen LogP contribution in [0.15, 0.2) is 18.2 Å². The molecule has 0 aliphatic rings. The van der Waals surface area contributed by atoms with Crippen LogP contribution in [-0.4, -0.2) is 23.9 Å². The highest BCUT2D eigenvalue weighted by molar-refractivity contribution is 14.1. The third-order valence-corrected chi connectivity index (χ3v) is 2.97. The van der Waals surface area contributed by atoms with Crippen molar-refractivity contribution in [3.05, 3.63) is 37.4 Å². The number of carbonyl (C=O) groups excluding carboxylic acids is 1. The average Bonchev–Trinajstić information content (AvgIpc) is 2.28. The first-order chi connectivity index (χ1) is 8.06. The molecular formula is C10H13ClIN3O3. The number of halogens is 2. The zero-order valence-electron chi connectivity index (χ0n) is 9.39. The lowest BCUT2D eigenvalue weighted by Crippen LogP contribution is -2.26. The monoisotopic (exact) mass is 385 g/mol. The van der Waals surface area contributed by atoms with Gasteiger partial charge in [-0.15, -0.1) is 12.4 Å². The van der Waals surface area contributed by atoms with Gasteiger partial charge in [0.1, 0.15) is 0 Å². The molecule has 1 aromatic rings. The molecule has 0 unspecified atom stereocenters. The predicted octanol–water partition coefficient (Wildman–Crippen LogP) is 1.70. The van der Waals surface area contributed by atoms with Gasteiger partial charge in [-0.3, -0.25) is 14.9 Å². The molecule has 0 atom stereocenters. The van der Waals surface area contributed by atoms with Crippen LogP contribution in [0.5, 0.6) is 0 Å². The first-order valence-corrected chi connectivity index (χ1v) is 6.06. The Bertz CT molecular complexity index is 442. The van der Waals surface area contributed by atoms with Crippen LogP contribution in [0.2, 0.25) is 0 Å². The number of benzene rings is 1. The Hall–Kier alpha value is -0.930. The zero-order chi connectivity index (χ0) is 12.8. The second kappa shape index (κ2) is 8.22. The summed E-state index contributed by atoms with van der Waals surface area (Å²) in [6, 6.07) is 4.15. The van der Waals surface area contributed by atoms with Gasteiger partial charge in [0.05, 0.1) is 10.5 Å². The van der Waals surface area contributed by atoms with E-state index >= 15 is 0 Å². The molecule has 0 aliphatic carbocycles. The lowest BCUT2D eigenvalue weighted by molar-refractivity contribution is -0.384. The van der Waals surface area contributed by atoms with E-state index in [9.17, 15) is 14.9 Å². The molecule has 0 aromatic heterocycles. The Morgan fingerprint density at radius 1 is 1.50 bits per heavy atom. The number of nitro groups is 1. The van der Waals surface area contributed by atoms with Crippen LogP contribution in [-0.2, 0) is 0 Å². The van der Waals surface area contributed by atoms with Gasteiger partial charge in [0, 0.05) is 22.2 Å². The number of nitrogens with one attached hydrogen (secondary N) is 1. The molecule has 100 valence electrons. The van der Waals surface area contributed by atoms with E-state index in [-0.39, 0.29) is 24.0 Å². The molecule has 6 nitrogen and oxygen atoms in total. The fraction of sp³-hybridized carbons (Fsp3) is 0.300. The number of amides is 1. The van der Waals surface area contributed by atoms with Gasteiger partial charge in [-0.25, -0.2) is 0 Å². The molecule has 0 saturated carbocycles.